The van der Waals surface area contributed by atoms with Crippen molar-refractivity contribution in [3.05, 3.63) is 35.8 Å². The lowest BCUT2D eigenvalue weighted by molar-refractivity contribution is 0.246. The number of nitrogens with one attached hydrogen (secondary N) is 1. The molecular formula is C15H23NO2. The van der Waals surface area contributed by atoms with Crippen LogP contribution in [0.15, 0.2) is 34.7 Å². The van der Waals surface area contributed by atoms with Gasteiger partial charge in [-0.2, -0.15) is 0 Å². The van der Waals surface area contributed by atoms with Crippen molar-refractivity contribution in [2.45, 2.75) is 45.2 Å². The molecule has 1 aromatic heterocycles. The topological polar surface area (TPSA) is 45.4 Å². The van der Waals surface area contributed by atoms with E-state index in [0.29, 0.717) is 18.0 Å². The predicted octanol–water partition coefficient (Wildman–Crippen LogP) is 3.04. The Morgan fingerprint density at radius 2 is 2.39 bits per heavy atom. The number of piperidine rings is 1. The van der Waals surface area contributed by atoms with E-state index in [9.17, 15) is 0 Å². The maximum Gasteiger partial charge on any atom is 0.0950 e. The summed E-state index contributed by atoms with van der Waals surface area (Å²) < 4.78 is 5.16. The second-order valence-corrected chi connectivity index (χ2v) is 5.38. The fourth-order valence-electron chi connectivity index (χ4n) is 2.57. The Kier molecular flexibility index (Phi) is 4.61. The van der Waals surface area contributed by atoms with Crippen molar-refractivity contribution in [2.24, 2.45) is 5.92 Å². The summed E-state index contributed by atoms with van der Waals surface area (Å²) in [6.45, 7) is 4.43. The third-order valence-electron chi connectivity index (χ3n) is 3.93. The Morgan fingerprint density at radius 3 is 3.06 bits per heavy atom. The largest absolute Gasteiger partial charge is 0.472 e. The van der Waals surface area contributed by atoms with E-state index in [1.54, 1.807) is 6.26 Å². The Bertz CT molecular complexity index is 383. The minimum atomic E-state index is 0.159. The molecule has 2 N–H and O–H groups in total. The SMILES string of the molecule is C/C(=C\C[C@@H]1N[C@@H](c2ccoc2)CC[C@H]1C)CO. The van der Waals surface area contributed by atoms with Gasteiger partial charge in [-0.05, 0) is 38.2 Å². The molecule has 1 aliphatic rings. The molecule has 3 atom stereocenters. The molecule has 100 valence electrons. The van der Waals surface area contributed by atoms with E-state index in [2.05, 4.69) is 18.3 Å². The van der Waals surface area contributed by atoms with Crippen molar-refractivity contribution in [3.8, 4) is 0 Å². The maximum absolute atomic E-state index is 9.03. The van der Waals surface area contributed by atoms with Crippen molar-refractivity contribution in [2.75, 3.05) is 6.61 Å². The fraction of sp³-hybridized carbons (Fsp3) is 0.600. The first-order valence-corrected chi connectivity index (χ1v) is 6.75. The van der Waals surface area contributed by atoms with Gasteiger partial charge in [-0.25, -0.2) is 0 Å². The Hall–Kier alpha value is -1.06. The molecule has 1 aromatic rings. The molecule has 0 radical (unpaired) electrons. The number of rotatable bonds is 4. The quantitative estimate of drug-likeness (QED) is 0.806. The molecule has 3 nitrogen and oxygen atoms in total. The number of furan rings is 1. The molecule has 1 fully saturated rings. The summed E-state index contributed by atoms with van der Waals surface area (Å²) in [4.78, 5) is 0. The molecule has 1 aliphatic heterocycles. The summed E-state index contributed by atoms with van der Waals surface area (Å²) in [5.74, 6) is 0.677. The minimum absolute atomic E-state index is 0.159. The molecule has 0 bridgehead atoms. The van der Waals surface area contributed by atoms with E-state index >= 15 is 0 Å². The lowest BCUT2D eigenvalue weighted by Crippen LogP contribution is -2.41. The van der Waals surface area contributed by atoms with Gasteiger partial charge in [0.15, 0.2) is 0 Å². The molecule has 0 unspecified atom stereocenters. The maximum atomic E-state index is 9.03. The van der Waals surface area contributed by atoms with Crippen LogP contribution < -0.4 is 5.32 Å². The van der Waals surface area contributed by atoms with Gasteiger partial charge in [-0.1, -0.05) is 18.6 Å². The summed E-state index contributed by atoms with van der Waals surface area (Å²) in [5.41, 5.74) is 2.30. The van der Waals surface area contributed by atoms with Crippen LogP contribution in [0.2, 0.25) is 0 Å². The van der Waals surface area contributed by atoms with E-state index < -0.39 is 0 Å². The Morgan fingerprint density at radius 1 is 1.56 bits per heavy atom. The Balaban J connectivity index is 1.97. The zero-order valence-electron chi connectivity index (χ0n) is 11.2. The van der Waals surface area contributed by atoms with Gasteiger partial charge in [0.05, 0.1) is 19.1 Å². The summed E-state index contributed by atoms with van der Waals surface area (Å²) in [5, 5.41) is 12.7. The number of aliphatic hydroxyl groups excluding tert-OH is 1. The highest BCUT2D eigenvalue weighted by atomic mass is 16.3. The van der Waals surface area contributed by atoms with Crippen LogP contribution in [0.5, 0.6) is 0 Å². The highest BCUT2D eigenvalue weighted by Crippen LogP contribution is 2.30. The smallest absolute Gasteiger partial charge is 0.0950 e. The van der Waals surface area contributed by atoms with Gasteiger partial charge < -0.3 is 14.8 Å². The van der Waals surface area contributed by atoms with Gasteiger partial charge >= 0.3 is 0 Å². The van der Waals surface area contributed by atoms with Gasteiger partial charge in [0.1, 0.15) is 0 Å². The van der Waals surface area contributed by atoms with Crippen LogP contribution in [0.3, 0.4) is 0 Å². The normalized spacial score (nSPS) is 29.5. The molecule has 3 heteroatoms. The van der Waals surface area contributed by atoms with Crippen LogP contribution in [0.1, 0.15) is 44.7 Å². The predicted molar refractivity (Wildman–Crippen MR) is 72.2 cm³/mol. The first-order chi connectivity index (χ1) is 8.70. The summed E-state index contributed by atoms with van der Waals surface area (Å²) in [7, 11) is 0. The summed E-state index contributed by atoms with van der Waals surface area (Å²) in [6, 6.07) is 2.94. The van der Waals surface area contributed by atoms with E-state index in [-0.39, 0.29) is 6.61 Å². The lowest BCUT2D eigenvalue weighted by Gasteiger charge is -2.35. The van der Waals surface area contributed by atoms with Crippen LogP contribution in [-0.2, 0) is 0 Å². The molecule has 0 aromatic carbocycles. The third-order valence-corrected chi connectivity index (χ3v) is 3.93. The number of hydrogen-bond acceptors (Lipinski definition) is 3. The Labute approximate surface area is 109 Å². The molecule has 0 aliphatic carbocycles. The summed E-state index contributed by atoms with van der Waals surface area (Å²) >= 11 is 0. The van der Waals surface area contributed by atoms with Crippen LogP contribution in [0.25, 0.3) is 0 Å². The molecule has 2 heterocycles. The van der Waals surface area contributed by atoms with Gasteiger partial charge in [-0.15, -0.1) is 0 Å². The molecule has 18 heavy (non-hydrogen) atoms. The summed E-state index contributed by atoms with van der Waals surface area (Å²) in [6.07, 6.45) is 9.10. The van der Waals surface area contributed by atoms with Crippen molar-refractivity contribution < 1.29 is 9.52 Å². The van der Waals surface area contributed by atoms with E-state index in [0.717, 1.165) is 12.0 Å². The van der Waals surface area contributed by atoms with Crippen molar-refractivity contribution >= 4 is 0 Å². The first-order valence-electron chi connectivity index (χ1n) is 6.75. The zero-order valence-corrected chi connectivity index (χ0v) is 11.2. The van der Waals surface area contributed by atoms with Crippen LogP contribution in [-0.4, -0.2) is 17.8 Å². The fourth-order valence-corrected chi connectivity index (χ4v) is 2.57. The van der Waals surface area contributed by atoms with Gasteiger partial charge in [-0.3, -0.25) is 0 Å². The molecule has 0 saturated carbocycles. The van der Waals surface area contributed by atoms with Gasteiger partial charge in [0.2, 0.25) is 0 Å². The molecule has 2 rings (SSSR count). The highest BCUT2D eigenvalue weighted by Gasteiger charge is 2.27. The highest BCUT2D eigenvalue weighted by molar-refractivity contribution is 5.13. The number of hydrogen-bond donors (Lipinski definition) is 2. The van der Waals surface area contributed by atoms with Crippen LogP contribution in [0.4, 0.5) is 0 Å². The minimum Gasteiger partial charge on any atom is -0.472 e. The van der Waals surface area contributed by atoms with E-state index in [1.165, 1.54) is 18.4 Å². The molecular weight excluding hydrogens is 226 g/mol. The third kappa shape index (κ3) is 3.24. The second-order valence-electron chi connectivity index (χ2n) is 5.38. The average Bonchev–Trinajstić information content (AvgIpc) is 2.91. The van der Waals surface area contributed by atoms with Crippen molar-refractivity contribution in [1.82, 2.24) is 5.32 Å². The van der Waals surface area contributed by atoms with Crippen LogP contribution in [0, 0.1) is 5.92 Å². The first kappa shape index (κ1) is 13.4. The van der Waals surface area contributed by atoms with E-state index in [4.69, 9.17) is 9.52 Å². The molecule has 1 saturated heterocycles. The standard InChI is InChI=1S/C15H23NO2/c1-11(9-17)3-5-14-12(2)4-6-15(16-14)13-7-8-18-10-13/h3,7-8,10,12,14-17H,4-6,9H2,1-2H3/b11-3+/t12-,14+,15-/m1/s1. The van der Waals surface area contributed by atoms with Crippen LogP contribution >= 0.6 is 0 Å². The van der Waals surface area contributed by atoms with Crippen molar-refractivity contribution in [3.63, 3.8) is 0 Å². The average molecular weight is 249 g/mol. The lowest BCUT2D eigenvalue weighted by atomic mass is 9.85. The van der Waals surface area contributed by atoms with Crippen molar-refractivity contribution in [1.29, 1.82) is 0 Å². The van der Waals surface area contributed by atoms with Gasteiger partial charge in [0, 0.05) is 17.6 Å². The van der Waals surface area contributed by atoms with Gasteiger partial charge in [0.25, 0.3) is 0 Å². The monoisotopic (exact) mass is 249 g/mol. The number of aliphatic hydroxyl groups is 1. The molecule has 0 amide bonds. The second kappa shape index (κ2) is 6.21. The zero-order chi connectivity index (χ0) is 13.0. The molecule has 0 spiro atoms. The van der Waals surface area contributed by atoms with E-state index in [1.807, 2.05) is 19.3 Å².